The lowest BCUT2D eigenvalue weighted by Crippen LogP contribution is -2.32. The summed E-state index contributed by atoms with van der Waals surface area (Å²) < 4.78 is 8.73. The fourth-order valence-electron chi connectivity index (χ4n) is 5.28. The average Bonchev–Trinajstić information content (AvgIpc) is 3.32. The number of nitrogens with zero attached hydrogens (tertiary/aromatic N) is 4. The van der Waals surface area contributed by atoms with E-state index < -0.39 is 6.04 Å². The van der Waals surface area contributed by atoms with Crippen molar-refractivity contribution in [3.8, 4) is 17.5 Å². The molecule has 1 aliphatic heterocycles. The summed E-state index contributed by atoms with van der Waals surface area (Å²) in [6.45, 7) is 5.09. The number of rotatable bonds is 4. The van der Waals surface area contributed by atoms with E-state index in [0.717, 1.165) is 18.2 Å². The third-order valence-electron chi connectivity index (χ3n) is 7.31. The average molecular weight is 532 g/mol. The Morgan fingerprint density at radius 3 is 2.70 bits per heavy atom. The maximum atomic E-state index is 14.2. The third-order valence-corrected chi connectivity index (χ3v) is 7.31. The molecule has 1 unspecified atom stereocenters. The second-order valence-electron chi connectivity index (χ2n) is 10.0. The third kappa shape index (κ3) is 4.76. The minimum atomic E-state index is -0.500. The maximum Gasteiger partial charge on any atom is 0.264 e. The van der Waals surface area contributed by atoms with Gasteiger partial charge in [0.2, 0.25) is 0 Å². The lowest BCUT2D eigenvalue weighted by Gasteiger charge is -2.21. The van der Waals surface area contributed by atoms with Crippen LogP contribution >= 0.6 is 0 Å². The van der Waals surface area contributed by atoms with Crippen LogP contribution in [0.5, 0.6) is 0 Å². The van der Waals surface area contributed by atoms with Gasteiger partial charge in [-0.1, -0.05) is 42.2 Å². The molecule has 1 atom stereocenters. The molecule has 2 aromatic carbocycles. The van der Waals surface area contributed by atoms with Crippen molar-refractivity contribution in [2.45, 2.75) is 32.7 Å². The Hall–Kier alpha value is -4.74. The number of ether oxygens (including phenoxy) is 1. The summed E-state index contributed by atoms with van der Waals surface area (Å²) in [4.78, 5) is 32.0. The highest BCUT2D eigenvalue weighted by Crippen LogP contribution is 2.24. The lowest BCUT2D eigenvalue weighted by atomic mass is 9.99. The SMILES string of the molecule is Cc1nn2cccnc2c1C(=O)NC(C)c1cc2cccc(C#CC3CCOCC3)c2c(=O)n1-c1ccccc1. The van der Waals surface area contributed by atoms with Crippen LogP contribution in [-0.4, -0.2) is 38.3 Å². The van der Waals surface area contributed by atoms with Crippen LogP contribution in [0, 0.1) is 24.7 Å². The molecule has 200 valence electrons. The van der Waals surface area contributed by atoms with Crippen molar-refractivity contribution >= 4 is 22.3 Å². The van der Waals surface area contributed by atoms with E-state index in [-0.39, 0.29) is 17.4 Å². The molecule has 8 heteroatoms. The van der Waals surface area contributed by atoms with Crippen LogP contribution in [0.15, 0.2) is 77.9 Å². The van der Waals surface area contributed by atoms with Crippen molar-refractivity contribution in [1.82, 2.24) is 24.5 Å². The number of aromatic nitrogens is 4. The number of nitrogens with one attached hydrogen (secondary N) is 1. The molecular weight excluding hydrogens is 502 g/mol. The van der Waals surface area contributed by atoms with Gasteiger partial charge in [-0.3, -0.25) is 14.2 Å². The minimum absolute atomic E-state index is 0.175. The zero-order valence-corrected chi connectivity index (χ0v) is 22.4. The Morgan fingerprint density at radius 1 is 1.10 bits per heavy atom. The highest BCUT2D eigenvalue weighted by molar-refractivity contribution is 6.01. The molecule has 4 heterocycles. The summed E-state index contributed by atoms with van der Waals surface area (Å²) in [5.74, 6) is 6.61. The van der Waals surface area contributed by atoms with Crippen molar-refractivity contribution in [1.29, 1.82) is 0 Å². The normalized spacial score (nSPS) is 14.6. The number of amides is 1. The van der Waals surface area contributed by atoms with Gasteiger partial charge in [-0.2, -0.15) is 5.10 Å². The molecule has 1 N–H and O–H groups in total. The van der Waals surface area contributed by atoms with E-state index in [1.54, 1.807) is 34.5 Å². The Balaban J connectivity index is 1.45. The van der Waals surface area contributed by atoms with Crippen LogP contribution < -0.4 is 10.9 Å². The number of hydrogen-bond acceptors (Lipinski definition) is 5. The van der Waals surface area contributed by atoms with Crippen molar-refractivity contribution in [3.63, 3.8) is 0 Å². The van der Waals surface area contributed by atoms with Gasteiger partial charge in [0.05, 0.1) is 17.1 Å². The number of para-hydroxylation sites is 1. The van der Waals surface area contributed by atoms with E-state index in [1.807, 2.05) is 61.5 Å². The number of aryl methyl sites for hydroxylation is 1. The standard InChI is InChI=1S/C32H29N5O3/c1-21(34-31(38)28-22(2)35-36-17-7-16-33-30(28)36)27-20-25-9-6-8-24(13-12-23-14-18-40-19-15-23)29(25)32(39)37(27)26-10-4-3-5-11-26/h3-11,16-17,20-21,23H,14-15,18-19H2,1-2H3,(H,34,38). The molecule has 6 rings (SSSR count). The van der Waals surface area contributed by atoms with Gasteiger partial charge in [0.1, 0.15) is 5.56 Å². The summed E-state index contributed by atoms with van der Waals surface area (Å²) in [5.41, 5.74) is 3.37. The lowest BCUT2D eigenvalue weighted by molar-refractivity contribution is 0.0807. The second kappa shape index (κ2) is 10.8. The predicted molar refractivity (Wildman–Crippen MR) is 154 cm³/mol. The molecule has 0 spiro atoms. The molecule has 1 aliphatic rings. The zero-order valence-electron chi connectivity index (χ0n) is 22.4. The highest BCUT2D eigenvalue weighted by atomic mass is 16.5. The van der Waals surface area contributed by atoms with Crippen LogP contribution in [0.4, 0.5) is 0 Å². The van der Waals surface area contributed by atoms with Crippen LogP contribution in [0.1, 0.15) is 53.1 Å². The maximum absolute atomic E-state index is 14.2. The predicted octanol–water partition coefficient (Wildman–Crippen LogP) is 4.61. The first-order valence-electron chi connectivity index (χ1n) is 13.5. The molecule has 0 radical (unpaired) electrons. The largest absolute Gasteiger partial charge is 0.381 e. The van der Waals surface area contributed by atoms with Crippen LogP contribution in [0.3, 0.4) is 0 Å². The van der Waals surface area contributed by atoms with Gasteiger partial charge >= 0.3 is 0 Å². The summed E-state index contributed by atoms with van der Waals surface area (Å²) in [6, 6.07) is 18.4. The van der Waals surface area contributed by atoms with Crippen molar-refractivity contribution in [3.05, 3.63) is 106 Å². The van der Waals surface area contributed by atoms with Crippen LogP contribution in [0.25, 0.3) is 22.1 Å². The highest BCUT2D eigenvalue weighted by Gasteiger charge is 2.23. The van der Waals surface area contributed by atoms with Crippen LogP contribution in [-0.2, 0) is 4.74 Å². The molecule has 0 bridgehead atoms. The summed E-state index contributed by atoms with van der Waals surface area (Å²) in [5, 5.41) is 8.84. The van der Waals surface area contributed by atoms with Gasteiger partial charge in [-0.25, -0.2) is 9.50 Å². The molecule has 1 saturated heterocycles. The van der Waals surface area contributed by atoms with Crippen molar-refractivity contribution in [2.24, 2.45) is 5.92 Å². The molecule has 0 aliphatic carbocycles. The number of benzene rings is 2. The molecule has 40 heavy (non-hydrogen) atoms. The topological polar surface area (TPSA) is 90.5 Å². The molecule has 8 nitrogen and oxygen atoms in total. The first-order chi connectivity index (χ1) is 19.5. The number of carbonyl (C=O) groups excluding carboxylic acids is 1. The first kappa shape index (κ1) is 25.5. The fraction of sp³-hybridized carbons (Fsp3) is 0.250. The molecule has 1 fully saturated rings. The second-order valence-corrected chi connectivity index (χ2v) is 10.0. The minimum Gasteiger partial charge on any atom is -0.381 e. The molecule has 5 aromatic rings. The van der Waals surface area contributed by atoms with E-state index >= 15 is 0 Å². The Labute approximate surface area is 231 Å². The summed E-state index contributed by atoms with van der Waals surface area (Å²) in [6.07, 6.45) is 5.19. The number of hydrogen-bond donors (Lipinski definition) is 1. The van der Waals surface area contributed by atoms with Gasteiger partial charge in [-0.05, 0) is 62.4 Å². The van der Waals surface area contributed by atoms with Crippen LogP contribution in [0.2, 0.25) is 0 Å². The van der Waals surface area contributed by atoms with Gasteiger partial charge in [-0.15, -0.1) is 0 Å². The number of carbonyl (C=O) groups is 1. The fourth-order valence-corrected chi connectivity index (χ4v) is 5.28. The van der Waals surface area contributed by atoms with E-state index in [0.29, 0.717) is 52.4 Å². The van der Waals surface area contributed by atoms with Gasteiger partial charge in [0, 0.05) is 48.5 Å². The number of pyridine rings is 1. The van der Waals surface area contributed by atoms with E-state index in [1.165, 1.54) is 0 Å². The smallest absolute Gasteiger partial charge is 0.264 e. The summed E-state index contributed by atoms with van der Waals surface area (Å²) >= 11 is 0. The number of fused-ring (bicyclic) bond motifs is 2. The Morgan fingerprint density at radius 2 is 1.90 bits per heavy atom. The molecule has 3 aromatic heterocycles. The monoisotopic (exact) mass is 531 g/mol. The van der Waals surface area contributed by atoms with Crippen molar-refractivity contribution in [2.75, 3.05) is 13.2 Å². The van der Waals surface area contributed by atoms with Gasteiger partial charge in [0.25, 0.3) is 11.5 Å². The Bertz CT molecular complexity index is 1840. The Kier molecular flexibility index (Phi) is 6.89. The van der Waals surface area contributed by atoms with E-state index in [4.69, 9.17) is 4.74 Å². The van der Waals surface area contributed by atoms with Gasteiger partial charge < -0.3 is 10.1 Å². The summed E-state index contributed by atoms with van der Waals surface area (Å²) in [7, 11) is 0. The van der Waals surface area contributed by atoms with E-state index in [9.17, 15) is 9.59 Å². The zero-order chi connectivity index (χ0) is 27.6. The molecular formula is C32H29N5O3. The van der Waals surface area contributed by atoms with Crippen molar-refractivity contribution < 1.29 is 9.53 Å². The van der Waals surface area contributed by atoms with E-state index in [2.05, 4.69) is 27.2 Å². The molecule has 1 amide bonds. The first-order valence-corrected chi connectivity index (χ1v) is 13.5. The molecule has 0 saturated carbocycles. The van der Waals surface area contributed by atoms with Gasteiger partial charge in [0.15, 0.2) is 5.65 Å². The quantitative estimate of drug-likeness (QED) is 0.342.